The van der Waals surface area contributed by atoms with E-state index in [-0.39, 0.29) is 11.3 Å². The van der Waals surface area contributed by atoms with E-state index >= 15 is 0 Å². The van der Waals surface area contributed by atoms with Crippen molar-refractivity contribution >= 4 is 35.1 Å². The van der Waals surface area contributed by atoms with E-state index in [2.05, 4.69) is 30.5 Å². The Balaban J connectivity index is 1.93. The molecule has 0 aliphatic carbocycles. The van der Waals surface area contributed by atoms with Gasteiger partial charge in [0.1, 0.15) is 5.37 Å². The number of anilines is 1. The molecule has 0 N–H and O–H groups in total. The predicted molar refractivity (Wildman–Crippen MR) is 87.4 cm³/mol. The molecule has 2 aromatic rings. The van der Waals surface area contributed by atoms with Crippen LogP contribution in [0.3, 0.4) is 0 Å². The van der Waals surface area contributed by atoms with Crippen molar-refractivity contribution in [3.63, 3.8) is 0 Å². The predicted octanol–water partition coefficient (Wildman–Crippen LogP) is 4.19. The second kappa shape index (κ2) is 5.94. The summed E-state index contributed by atoms with van der Waals surface area (Å²) in [6.45, 7) is 0. The number of rotatable bonds is 3. The molecule has 0 bridgehead atoms. The molecule has 2 nitrogen and oxygen atoms in total. The first kappa shape index (κ1) is 13.6. The van der Waals surface area contributed by atoms with E-state index in [1.807, 2.05) is 35.2 Å². The van der Waals surface area contributed by atoms with E-state index in [9.17, 15) is 4.79 Å². The van der Waals surface area contributed by atoms with Gasteiger partial charge >= 0.3 is 0 Å². The van der Waals surface area contributed by atoms with E-state index in [1.165, 1.54) is 10.5 Å². The van der Waals surface area contributed by atoms with E-state index in [0.717, 1.165) is 5.69 Å². The van der Waals surface area contributed by atoms with E-state index in [4.69, 9.17) is 0 Å². The lowest BCUT2D eigenvalue weighted by molar-refractivity contribution is -0.115. The first-order valence-electron chi connectivity index (χ1n) is 6.42. The normalized spacial score (nSPS) is 18.6. The number of carbonyl (C=O) groups excluding carboxylic acids is 1. The summed E-state index contributed by atoms with van der Waals surface area (Å²) in [5.74, 6) is 0.726. The van der Waals surface area contributed by atoms with Gasteiger partial charge < -0.3 is 0 Å². The van der Waals surface area contributed by atoms with Gasteiger partial charge in [-0.15, -0.1) is 23.5 Å². The van der Waals surface area contributed by atoms with E-state index in [1.54, 1.807) is 23.5 Å². The number of amides is 1. The smallest absolute Gasteiger partial charge is 0.238 e. The first-order valence-corrected chi connectivity index (χ1v) is 8.69. The van der Waals surface area contributed by atoms with Gasteiger partial charge in [-0.3, -0.25) is 9.69 Å². The summed E-state index contributed by atoms with van der Waals surface area (Å²) in [4.78, 5) is 15.3. The molecule has 0 saturated carbocycles. The van der Waals surface area contributed by atoms with Crippen molar-refractivity contribution in [1.29, 1.82) is 0 Å². The van der Waals surface area contributed by atoms with Crippen LogP contribution in [0.1, 0.15) is 10.9 Å². The molecule has 2 aromatic carbocycles. The number of benzene rings is 2. The molecule has 1 atom stereocenters. The standard InChI is InChI=1S/C16H15NOS2/c1-19-14-9-7-12(8-10-14)16-17(15(18)11-20-16)13-5-3-2-4-6-13/h2-10,16H,11H2,1H3/t16-/m0/s1. The van der Waals surface area contributed by atoms with Gasteiger partial charge in [0.15, 0.2) is 0 Å². The summed E-state index contributed by atoms with van der Waals surface area (Å²) in [5, 5.41) is 0.0841. The van der Waals surface area contributed by atoms with Crippen molar-refractivity contribution in [2.75, 3.05) is 16.9 Å². The molecule has 3 rings (SSSR count). The Hall–Kier alpha value is -1.39. The molecule has 1 saturated heterocycles. The molecule has 0 radical (unpaired) electrons. The Kier molecular flexibility index (Phi) is 4.03. The van der Waals surface area contributed by atoms with Crippen LogP contribution in [-0.2, 0) is 4.79 Å². The molecule has 20 heavy (non-hydrogen) atoms. The molecule has 0 unspecified atom stereocenters. The highest BCUT2D eigenvalue weighted by Gasteiger charge is 2.33. The van der Waals surface area contributed by atoms with Gasteiger partial charge in [0.25, 0.3) is 0 Å². The fourth-order valence-electron chi connectivity index (χ4n) is 2.31. The number of carbonyl (C=O) groups is 1. The van der Waals surface area contributed by atoms with Crippen LogP contribution in [0.5, 0.6) is 0 Å². The maximum absolute atomic E-state index is 12.2. The molecular formula is C16H15NOS2. The number of thioether (sulfide) groups is 2. The van der Waals surface area contributed by atoms with Crippen molar-refractivity contribution in [2.45, 2.75) is 10.3 Å². The van der Waals surface area contributed by atoms with Crippen LogP contribution >= 0.6 is 23.5 Å². The summed E-state index contributed by atoms with van der Waals surface area (Å²) in [6.07, 6.45) is 2.07. The number of hydrogen-bond donors (Lipinski definition) is 0. The fraction of sp³-hybridized carbons (Fsp3) is 0.188. The molecule has 1 aliphatic heterocycles. The first-order chi connectivity index (χ1) is 9.79. The summed E-state index contributed by atoms with van der Waals surface area (Å²) < 4.78 is 0. The second-order valence-corrected chi connectivity index (χ2v) is 6.48. The Bertz CT molecular complexity index is 598. The summed E-state index contributed by atoms with van der Waals surface area (Å²) in [5.41, 5.74) is 2.16. The van der Waals surface area contributed by atoms with Crippen LogP contribution in [0.15, 0.2) is 59.5 Å². The third-order valence-corrected chi connectivity index (χ3v) is 5.26. The lowest BCUT2D eigenvalue weighted by Crippen LogP contribution is -2.27. The van der Waals surface area contributed by atoms with Crippen LogP contribution in [0.2, 0.25) is 0 Å². The quantitative estimate of drug-likeness (QED) is 0.793. The molecule has 1 fully saturated rings. The second-order valence-electron chi connectivity index (χ2n) is 4.54. The van der Waals surface area contributed by atoms with Crippen LogP contribution in [-0.4, -0.2) is 17.9 Å². The highest BCUT2D eigenvalue weighted by Crippen LogP contribution is 2.41. The van der Waals surface area contributed by atoms with Gasteiger partial charge in [-0.25, -0.2) is 0 Å². The van der Waals surface area contributed by atoms with E-state index < -0.39 is 0 Å². The SMILES string of the molecule is CSc1ccc([C@@H]2SCC(=O)N2c2ccccc2)cc1. The molecule has 0 aromatic heterocycles. The van der Waals surface area contributed by atoms with Crippen molar-refractivity contribution in [1.82, 2.24) is 0 Å². The zero-order valence-corrected chi connectivity index (χ0v) is 12.8. The molecule has 102 valence electrons. The van der Waals surface area contributed by atoms with Gasteiger partial charge in [0.05, 0.1) is 5.75 Å². The maximum Gasteiger partial charge on any atom is 0.238 e. The molecule has 1 aliphatic rings. The number of nitrogens with zero attached hydrogens (tertiary/aromatic N) is 1. The molecule has 1 amide bonds. The van der Waals surface area contributed by atoms with Gasteiger partial charge in [0, 0.05) is 10.6 Å². The maximum atomic E-state index is 12.2. The number of hydrogen-bond acceptors (Lipinski definition) is 3. The molecule has 1 heterocycles. The van der Waals surface area contributed by atoms with Crippen molar-refractivity contribution in [3.05, 3.63) is 60.2 Å². The molecule has 4 heteroatoms. The fourth-order valence-corrected chi connectivity index (χ4v) is 3.89. The minimum Gasteiger partial charge on any atom is -0.295 e. The third-order valence-electron chi connectivity index (χ3n) is 3.30. The average Bonchev–Trinajstić information content (AvgIpc) is 2.90. The van der Waals surface area contributed by atoms with Gasteiger partial charge in [-0.05, 0) is 36.1 Å². The Morgan fingerprint density at radius 2 is 1.80 bits per heavy atom. The summed E-state index contributed by atoms with van der Waals surface area (Å²) >= 11 is 3.42. The average molecular weight is 301 g/mol. The summed E-state index contributed by atoms with van der Waals surface area (Å²) in [7, 11) is 0. The summed E-state index contributed by atoms with van der Waals surface area (Å²) in [6, 6.07) is 18.4. The highest BCUT2D eigenvalue weighted by molar-refractivity contribution is 8.00. The Labute approximate surface area is 127 Å². The third kappa shape index (κ3) is 2.58. The minimum atomic E-state index is 0.0841. The minimum absolute atomic E-state index is 0.0841. The molecule has 0 spiro atoms. The van der Waals surface area contributed by atoms with Gasteiger partial charge in [0.2, 0.25) is 5.91 Å². The van der Waals surface area contributed by atoms with Crippen LogP contribution < -0.4 is 4.90 Å². The zero-order valence-electron chi connectivity index (χ0n) is 11.2. The Morgan fingerprint density at radius 1 is 1.10 bits per heavy atom. The van der Waals surface area contributed by atoms with Crippen molar-refractivity contribution < 1.29 is 4.79 Å². The topological polar surface area (TPSA) is 20.3 Å². The van der Waals surface area contributed by atoms with Crippen LogP contribution in [0, 0.1) is 0 Å². The van der Waals surface area contributed by atoms with Crippen LogP contribution in [0.25, 0.3) is 0 Å². The number of para-hydroxylation sites is 1. The van der Waals surface area contributed by atoms with Gasteiger partial charge in [-0.1, -0.05) is 30.3 Å². The van der Waals surface area contributed by atoms with Gasteiger partial charge in [-0.2, -0.15) is 0 Å². The Morgan fingerprint density at radius 3 is 2.45 bits per heavy atom. The van der Waals surface area contributed by atoms with E-state index in [0.29, 0.717) is 5.75 Å². The lowest BCUT2D eigenvalue weighted by atomic mass is 10.2. The van der Waals surface area contributed by atoms with Crippen molar-refractivity contribution in [2.24, 2.45) is 0 Å². The molecular weight excluding hydrogens is 286 g/mol. The highest BCUT2D eigenvalue weighted by atomic mass is 32.2. The monoisotopic (exact) mass is 301 g/mol. The zero-order chi connectivity index (χ0) is 13.9. The van der Waals surface area contributed by atoms with Crippen LogP contribution in [0.4, 0.5) is 5.69 Å². The largest absolute Gasteiger partial charge is 0.295 e. The lowest BCUT2D eigenvalue weighted by Gasteiger charge is -2.24. The van der Waals surface area contributed by atoms with Crippen molar-refractivity contribution in [3.8, 4) is 0 Å².